The van der Waals surface area contributed by atoms with E-state index in [1.54, 1.807) is 13.3 Å². The first-order valence-electron chi connectivity index (χ1n) is 4.53. The largest absolute Gasteiger partial charge is 0.497 e. The van der Waals surface area contributed by atoms with Crippen molar-refractivity contribution < 1.29 is 9.84 Å². The van der Waals surface area contributed by atoms with Gasteiger partial charge in [0.05, 0.1) is 18.6 Å². The number of ether oxygens (including phenoxy) is 1. The Morgan fingerprint density at radius 3 is 3.00 bits per heavy atom. The molecule has 2 aromatic rings. The zero-order chi connectivity index (χ0) is 10.7. The first-order valence-corrected chi connectivity index (χ1v) is 5.35. The molecule has 0 saturated heterocycles. The molecule has 0 atom stereocenters. The van der Waals surface area contributed by atoms with Crippen LogP contribution in [0.1, 0.15) is 4.88 Å². The van der Waals surface area contributed by atoms with Crippen LogP contribution in [0.3, 0.4) is 0 Å². The van der Waals surface area contributed by atoms with Crippen molar-refractivity contribution in [3.63, 3.8) is 0 Å². The minimum Gasteiger partial charge on any atom is -0.497 e. The second-order valence-electron chi connectivity index (χ2n) is 3.02. The van der Waals surface area contributed by atoms with Gasteiger partial charge in [-0.3, -0.25) is 0 Å². The van der Waals surface area contributed by atoms with Crippen molar-refractivity contribution >= 4 is 11.3 Å². The van der Waals surface area contributed by atoms with E-state index in [4.69, 9.17) is 9.84 Å². The van der Waals surface area contributed by atoms with Gasteiger partial charge in [-0.1, -0.05) is 12.1 Å². The summed E-state index contributed by atoms with van der Waals surface area (Å²) in [4.78, 5) is 5.10. The van der Waals surface area contributed by atoms with E-state index >= 15 is 0 Å². The first kappa shape index (κ1) is 10.1. The van der Waals surface area contributed by atoms with Crippen LogP contribution in [0, 0.1) is 0 Å². The maximum Gasteiger partial charge on any atom is 0.123 e. The van der Waals surface area contributed by atoms with Crippen molar-refractivity contribution in [2.45, 2.75) is 6.61 Å². The van der Waals surface area contributed by atoms with E-state index in [0.717, 1.165) is 21.2 Å². The van der Waals surface area contributed by atoms with Gasteiger partial charge in [0.2, 0.25) is 0 Å². The van der Waals surface area contributed by atoms with E-state index < -0.39 is 0 Å². The number of aliphatic hydroxyl groups excluding tert-OH is 1. The normalized spacial score (nSPS) is 10.3. The van der Waals surface area contributed by atoms with E-state index in [1.165, 1.54) is 11.3 Å². The number of hydrogen-bond acceptors (Lipinski definition) is 4. The zero-order valence-electron chi connectivity index (χ0n) is 8.30. The Kier molecular flexibility index (Phi) is 2.99. The van der Waals surface area contributed by atoms with Crippen molar-refractivity contribution in [3.8, 4) is 16.3 Å². The van der Waals surface area contributed by atoms with Gasteiger partial charge < -0.3 is 9.84 Å². The van der Waals surface area contributed by atoms with Gasteiger partial charge in [-0.2, -0.15) is 0 Å². The quantitative estimate of drug-likeness (QED) is 0.864. The highest BCUT2D eigenvalue weighted by atomic mass is 32.1. The van der Waals surface area contributed by atoms with E-state index in [2.05, 4.69) is 4.98 Å². The zero-order valence-corrected chi connectivity index (χ0v) is 9.12. The third-order valence-electron chi connectivity index (χ3n) is 2.03. The van der Waals surface area contributed by atoms with Crippen molar-refractivity contribution in [1.29, 1.82) is 0 Å². The van der Waals surface area contributed by atoms with Gasteiger partial charge in [0, 0.05) is 11.8 Å². The maximum atomic E-state index is 8.94. The molecule has 3 nitrogen and oxygen atoms in total. The number of benzene rings is 1. The predicted octanol–water partition coefficient (Wildman–Crippen LogP) is 2.31. The lowest BCUT2D eigenvalue weighted by Crippen LogP contribution is -1.82. The third-order valence-corrected chi connectivity index (χ3v) is 3.06. The van der Waals surface area contributed by atoms with Crippen LogP contribution >= 0.6 is 11.3 Å². The molecule has 78 valence electrons. The Balaban J connectivity index is 2.35. The topological polar surface area (TPSA) is 42.4 Å². The summed E-state index contributed by atoms with van der Waals surface area (Å²) in [6.45, 7) is 0.0433. The number of thiazole rings is 1. The molecule has 1 aromatic carbocycles. The Labute approximate surface area is 92.0 Å². The van der Waals surface area contributed by atoms with Gasteiger partial charge in [-0.05, 0) is 12.1 Å². The maximum absolute atomic E-state index is 8.94. The van der Waals surface area contributed by atoms with Crippen LogP contribution in [0.2, 0.25) is 0 Å². The van der Waals surface area contributed by atoms with Gasteiger partial charge in [-0.15, -0.1) is 11.3 Å². The van der Waals surface area contributed by atoms with Crippen LogP contribution in [0.25, 0.3) is 10.6 Å². The molecule has 0 fully saturated rings. The second kappa shape index (κ2) is 4.42. The van der Waals surface area contributed by atoms with Crippen molar-refractivity contribution in [3.05, 3.63) is 35.3 Å². The molecule has 0 radical (unpaired) electrons. The summed E-state index contributed by atoms with van der Waals surface area (Å²) in [6, 6.07) is 7.72. The summed E-state index contributed by atoms with van der Waals surface area (Å²) in [7, 11) is 1.64. The lowest BCUT2D eigenvalue weighted by Gasteiger charge is -2.00. The van der Waals surface area contributed by atoms with Gasteiger partial charge in [-0.25, -0.2) is 4.98 Å². The minimum atomic E-state index is 0.0433. The molecule has 0 unspecified atom stereocenters. The summed E-state index contributed by atoms with van der Waals surface area (Å²) < 4.78 is 5.14. The highest BCUT2D eigenvalue weighted by molar-refractivity contribution is 7.15. The molecule has 0 aliphatic rings. The molecular formula is C11H11NO2S. The SMILES string of the molecule is COc1cccc(-c2ncc(CO)s2)c1. The average molecular weight is 221 g/mol. The Bertz CT molecular complexity index is 453. The number of rotatable bonds is 3. The fourth-order valence-corrected chi connectivity index (χ4v) is 2.04. The van der Waals surface area contributed by atoms with E-state index in [9.17, 15) is 0 Å². The minimum absolute atomic E-state index is 0.0433. The summed E-state index contributed by atoms with van der Waals surface area (Å²) in [5, 5.41) is 9.85. The molecule has 0 aliphatic heterocycles. The monoisotopic (exact) mass is 221 g/mol. The molecule has 0 saturated carbocycles. The molecule has 0 aliphatic carbocycles. The fraction of sp³-hybridized carbons (Fsp3) is 0.182. The molecule has 2 rings (SSSR count). The van der Waals surface area contributed by atoms with Gasteiger partial charge in [0.15, 0.2) is 0 Å². The number of aromatic nitrogens is 1. The molecule has 0 bridgehead atoms. The van der Waals surface area contributed by atoms with Gasteiger partial charge in [0.25, 0.3) is 0 Å². The molecule has 15 heavy (non-hydrogen) atoms. The van der Waals surface area contributed by atoms with E-state index in [1.807, 2.05) is 24.3 Å². The summed E-state index contributed by atoms with van der Waals surface area (Å²) >= 11 is 1.49. The summed E-state index contributed by atoms with van der Waals surface area (Å²) in [6.07, 6.45) is 1.69. The van der Waals surface area contributed by atoms with Gasteiger partial charge in [0.1, 0.15) is 10.8 Å². The first-order chi connectivity index (χ1) is 7.33. The smallest absolute Gasteiger partial charge is 0.123 e. The molecule has 1 heterocycles. The number of methoxy groups -OCH3 is 1. The molecule has 1 aromatic heterocycles. The Morgan fingerprint density at radius 2 is 2.33 bits per heavy atom. The highest BCUT2D eigenvalue weighted by Crippen LogP contribution is 2.27. The van der Waals surface area contributed by atoms with Crippen LogP contribution in [0.4, 0.5) is 0 Å². The number of hydrogen-bond donors (Lipinski definition) is 1. The standard InChI is InChI=1S/C11H11NO2S/c1-14-9-4-2-3-8(5-9)11-12-6-10(7-13)15-11/h2-6,13H,7H2,1H3. The molecule has 1 N–H and O–H groups in total. The molecule has 4 heteroatoms. The third kappa shape index (κ3) is 2.16. The molecular weight excluding hydrogens is 210 g/mol. The van der Waals surface area contributed by atoms with Gasteiger partial charge >= 0.3 is 0 Å². The van der Waals surface area contributed by atoms with Crippen LogP contribution in [0.15, 0.2) is 30.5 Å². The van der Waals surface area contributed by atoms with Crippen molar-refractivity contribution in [1.82, 2.24) is 4.98 Å². The van der Waals surface area contributed by atoms with Crippen LogP contribution in [-0.2, 0) is 6.61 Å². The predicted molar refractivity (Wildman–Crippen MR) is 60.0 cm³/mol. The summed E-state index contributed by atoms with van der Waals surface area (Å²) in [5.74, 6) is 0.813. The van der Waals surface area contributed by atoms with Crippen LogP contribution < -0.4 is 4.74 Å². The van der Waals surface area contributed by atoms with Crippen LogP contribution in [-0.4, -0.2) is 17.2 Å². The number of nitrogens with zero attached hydrogens (tertiary/aromatic N) is 1. The fourth-order valence-electron chi connectivity index (χ4n) is 1.27. The second-order valence-corrected chi connectivity index (χ2v) is 4.14. The molecule has 0 amide bonds. The van der Waals surface area contributed by atoms with E-state index in [0.29, 0.717) is 0 Å². The Hall–Kier alpha value is -1.39. The van der Waals surface area contributed by atoms with Crippen molar-refractivity contribution in [2.75, 3.05) is 7.11 Å². The average Bonchev–Trinajstić information content (AvgIpc) is 2.78. The number of aliphatic hydroxyl groups is 1. The lowest BCUT2D eigenvalue weighted by molar-refractivity contribution is 0.285. The Morgan fingerprint density at radius 1 is 1.47 bits per heavy atom. The highest BCUT2D eigenvalue weighted by Gasteiger charge is 2.04. The van der Waals surface area contributed by atoms with E-state index in [-0.39, 0.29) is 6.61 Å². The molecule has 0 spiro atoms. The lowest BCUT2D eigenvalue weighted by atomic mass is 10.2. The van der Waals surface area contributed by atoms with Crippen LogP contribution in [0.5, 0.6) is 5.75 Å². The van der Waals surface area contributed by atoms with Crippen molar-refractivity contribution in [2.24, 2.45) is 0 Å². The summed E-state index contributed by atoms with van der Waals surface area (Å²) in [5.41, 5.74) is 1.01.